The average molecular weight is 164 g/mol. The van der Waals surface area contributed by atoms with Crippen molar-refractivity contribution >= 4 is 20.4 Å². The van der Waals surface area contributed by atoms with Gasteiger partial charge in [-0.2, -0.15) is 0 Å². The van der Waals surface area contributed by atoms with E-state index in [0.29, 0.717) is 0 Å². The predicted molar refractivity (Wildman–Crippen MR) is 31.3 cm³/mol. The molecule has 0 radical (unpaired) electrons. The zero-order valence-corrected chi connectivity index (χ0v) is 5.75. The van der Waals surface area contributed by atoms with E-state index in [-0.39, 0.29) is 0 Å². The maximum atomic E-state index is 10.00. The highest BCUT2D eigenvalue weighted by Gasteiger charge is 2.20. The van der Waals surface area contributed by atoms with Crippen LogP contribution in [0, 0.1) is 0 Å². The Bertz CT molecular complexity index is 165. The van der Waals surface area contributed by atoms with E-state index in [2.05, 4.69) is 0 Å². The molecule has 0 saturated carbocycles. The van der Waals surface area contributed by atoms with E-state index in [0.717, 1.165) is 0 Å². The fourth-order valence-corrected chi connectivity index (χ4v) is 0.656. The second-order valence-electron chi connectivity index (χ2n) is 1.56. The van der Waals surface area contributed by atoms with E-state index in [9.17, 15) is 14.2 Å². The summed E-state index contributed by atoms with van der Waals surface area (Å²) >= 11 is 0. The van der Waals surface area contributed by atoms with Crippen LogP contribution in [0.3, 0.4) is 0 Å². The van der Waals surface area contributed by atoms with Crippen molar-refractivity contribution in [3.05, 3.63) is 0 Å². The van der Waals surface area contributed by atoms with E-state index in [1.165, 1.54) is 0 Å². The molecular weight excluding hydrogens is 159 g/mol. The minimum atomic E-state index is -1.36. The first kappa shape index (κ1) is 9.04. The van der Waals surface area contributed by atoms with Crippen molar-refractivity contribution in [2.45, 2.75) is 12.1 Å². The second kappa shape index (κ2) is 3.95. The van der Waals surface area contributed by atoms with Crippen LogP contribution in [0.2, 0.25) is 0 Å². The highest BCUT2D eigenvalue weighted by molar-refractivity contribution is 7.26. The van der Waals surface area contributed by atoms with Crippen molar-refractivity contribution < 1.29 is 24.4 Å². The van der Waals surface area contributed by atoms with Gasteiger partial charge in [-0.15, -0.1) is 0 Å². The summed E-state index contributed by atoms with van der Waals surface area (Å²) in [5.41, 5.74) is -1.32. The lowest BCUT2D eigenvalue weighted by molar-refractivity contribution is -0.143. The van der Waals surface area contributed by atoms with Crippen LogP contribution in [0.5, 0.6) is 0 Å². The zero-order chi connectivity index (χ0) is 8.15. The molecule has 0 aliphatic heterocycles. The normalized spacial score (nSPS) is 12.8. The van der Waals surface area contributed by atoms with Crippen molar-refractivity contribution in [2.75, 3.05) is 0 Å². The van der Waals surface area contributed by atoms with Crippen molar-refractivity contribution in [1.82, 2.24) is 0 Å². The molecule has 0 heterocycles. The molecule has 0 saturated heterocycles. The third-order valence-corrected chi connectivity index (χ3v) is 1.44. The quantitative estimate of drug-likeness (QED) is 0.579. The van der Waals surface area contributed by atoms with E-state index in [4.69, 9.17) is 10.2 Å². The Labute approximate surface area is 57.9 Å². The van der Waals surface area contributed by atoms with Crippen LogP contribution in [0.4, 0.5) is 0 Å². The van der Waals surface area contributed by atoms with E-state index >= 15 is 0 Å². The topological polar surface area (TPSA) is 91.7 Å². The fraction of sp³-hybridized carbons (Fsp3) is 0.500. The zero-order valence-electron chi connectivity index (χ0n) is 4.85. The molecule has 0 fully saturated rings. The molecular formula is C4H5O5P. The van der Waals surface area contributed by atoms with Gasteiger partial charge in [-0.1, -0.05) is 0 Å². The minimum Gasteiger partial charge on any atom is -0.481 e. The van der Waals surface area contributed by atoms with E-state index < -0.39 is 32.5 Å². The molecule has 0 amide bonds. The molecule has 1 unspecified atom stereocenters. The van der Waals surface area contributed by atoms with E-state index in [1.54, 1.807) is 0 Å². The minimum absolute atomic E-state index is 0.611. The summed E-state index contributed by atoms with van der Waals surface area (Å²) in [7, 11) is -0.666. The molecule has 2 N–H and O–H groups in total. The standard InChI is InChI=1S/C4H5O5P/c5-3(6)1-2(10-9)4(7)8/h2H,1H2,(H,5,6)(H,7,8). The number of rotatable bonds is 4. The molecule has 0 aromatic rings. The summed E-state index contributed by atoms with van der Waals surface area (Å²) in [5.74, 6) is -2.63. The molecule has 0 aromatic carbocycles. The number of carbonyl (C=O) groups is 2. The summed E-state index contributed by atoms with van der Waals surface area (Å²) in [6.45, 7) is 0. The Balaban J connectivity index is 3.96. The van der Waals surface area contributed by atoms with Gasteiger partial charge in [0.25, 0.3) is 0 Å². The molecule has 56 valence electrons. The van der Waals surface area contributed by atoms with Gasteiger partial charge in [-0.25, -0.2) is 0 Å². The average Bonchev–Trinajstić information content (AvgIpc) is 1.81. The monoisotopic (exact) mass is 164 g/mol. The molecule has 5 nitrogen and oxygen atoms in total. The first-order chi connectivity index (χ1) is 4.57. The lowest BCUT2D eigenvalue weighted by atomic mass is 10.3. The maximum absolute atomic E-state index is 10.00. The Hall–Kier alpha value is -0.960. The molecule has 6 heteroatoms. The van der Waals surface area contributed by atoms with Crippen LogP contribution in [-0.2, 0) is 14.2 Å². The Morgan fingerprint density at radius 2 is 1.90 bits per heavy atom. The van der Waals surface area contributed by atoms with Gasteiger partial charge >= 0.3 is 11.9 Å². The maximum Gasteiger partial charge on any atom is 0.318 e. The number of hydrogen-bond acceptors (Lipinski definition) is 3. The van der Waals surface area contributed by atoms with Crippen LogP contribution < -0.4 is 0 Å². The van der Waals surface area contributed by atoms with Gasteiger partial charge in [0, 0.05) is 0 Å². The first-order valence-electron chi connectivity index (χ1n) is 2.35. The van der Waals surface area contributed by atoms with Crippen LogP contribution in [0.15, 0.2) is 0 Å². The Morgan fingerprint density at radius 3 is 2.00 bits per heavy atom. The summed E-state index contributed by atoms with van der Waals surface area (Å²) in [6.07, 6.45) is -0.611. The third kappa shape index (κ3) is 3.14. The van der Waals surface area contributed by atoms with Gasteiger partial charge in [-0.3, -0.25) is 14.2 Å². The van der Waals surface area contributed by atoms with Crippen molar-refractivity contribution in [3.8, 4) is 0 Å². The van der Waals surface area contributed by atoms with Crippen LogP contribution in [0.1, 0.15) is 6.42 Å². The highest BCUT2D eigenvalue weighted by atomic mass is 31.1. The molecule has 0 aliphatic carbocycles. The first-order valence-corrected chi connectivity index (χ1v) is 3.23. The summed E-state index contributed by atoms with van der Waals surface area (Å²) < 4.78 is 9.94. The third-order valence-electron chi connectivity index (χ3n) is 0.780. The second-order valence-corrected chi connectivity index (χ2v) is 2.39. The smallest absolute Gasteiger partial charge is 0.318 e. The van der Waals surface area contributed by atoms with Crippen LogP contribution in [-0.4, -0.2) is 27.8 Å². The van der Waals surface area contributed by atoms with Gasteiger partial charge in [0.15, 0.2) is 8.46 Å². The van der Waals surface area contributed by atoms with Crippen LogP contribution in [0.25, 0.3) is 0 Å². The molecule has 0 spiro atoms. The largest absolute Gasteiger partial charge is 0.481 e. The van der Waals surface area contributed by atoms with Crippen molar-refractivity contribution in [1.29, 1.82) is 0 Å². The van der Waals surface area contributed by atoms with Gasteiger partial charge in [0.05, 0.1) is 6.42 Å². The fourth-order valence-electron chi connectivity index (χ4n) is 0.335. The Morgan fingerprint density at radius 1 is 1.40 bits per heavy atom. The highest BCUT2D eigenvalue weighted by Crippen LogP contribution is 2.10. The lowest BCUT2D eigenvalue weighted by Gasteiger charge is -1.96. The lowest BCUT2D eigenvalue weighted by Crippen LogP contribution is -2.17. The van der Waals surface area contributed by atoms with Gasteiger partial charge in [0.2, 0.25) is 0 Å². The molecule has 0 aromatic heterocycles. The number of aliphatic carboxylic acids is 2. The molecule has 0 bridgehead atoms. The number of carboxylic acids is 2. The SMILES string of the molecule is O=PC(CC(=O)O)C(=O)O. The van der Waals surface area contributed by atoms with Crippen molar-refractivity contribution in [3.63, 3.8) is 0 Å². The predicted octanol–water partition coefficient (Wildman–Crippen LogP) is 0.206. The summed E-state index contributed by atoms with van der Waals surface area (Å²) in [4.78, 5) is 19.9. The molecule has 1 atom stereocenters. The van der Waals surface area contributed by atoms with Gasteiger partial charge < -0.3 is 10.2 Å². The van der Waals surface area contributed by atoms with Gasteiger partial charge in [0.1, 0.15) is 5.66 Å². The number of carboxylic acid groups (broad SMARTS) is 2. The summed E-state index contributed by atoms with van der Waals surface area (Å²) in [6, 6.07) is 0. The number of hydrogen-bond donors (Lipinski definition) is 2. The van der Waals surface area contributed by atoms with E-state index in [1.807, 2.05) is 0 Å². The van der Waals surface area contributed by atoms with Crippen molar-refractivity contribution in [2.24, 2.45) is 0 Å². The van der Waals surface area contributed by atoms with Crippen LogP contribution >= 0.6 is 8.46 Å². The van der Waals surface area contributed by atoms with Gasteiger partial charge in [-0.05, 0) is 0 Å². The molecule has 0 aliphatic rings. The summed E-state index contributed by atoms with van der Waals surface area (Å²) in [5, 5.41) is 16.2. The Kier molecular flexibility index (Phi) is 3.57. The molecule has 10 heavy (non-hydrogen) atoms. The molecule has 0 rings (SSSR count).